The highest BCUT2D eigenvalue weighted by Crippen LogP contribution is 2.25. The van der Waals surface area contributed by atoms with E-state index in [4.69, 9.17) is 0 Å². The number of rotatable bonds is 5. The van der Waals surface area contributed by atoms with Gasteiger partial charge in [-0.3, -0.25) is 4.79 Å². The number of hydrogen-bond donors (Lipinski definition) is 1. The van der Waals surface area contributed by atoms with Crippen molar-refractivity contribution in [3.63, 3.8) is 0 Å². The summed E-state index contributed by atoms with van der Waals surface area (Å²) in [6.07, 6.45) is 0.833. The molecular weight excluding hydrogens is 324 g/mol. The van der Waals surface area contributed by atoms with E-state index in [0.717, 1.165) is 12.3 Å². The lowest BCUT2D eigenvalue weighted by Gasteiger charge is -2.08. The smallest absolute Gasteiger partial charge is 0.225 e. The number of carbonyl (C=O) groups is 1. The van der Waals surface area contributed by atoms with E-state index in [1.165, 1.54) is 30.3 Å². The van der Waals surface area contributed by atoms with Crippen LogP contribution in [0.2, 0.25) is 0 Å². The minimum atomic E-state index is -3.24. The van der Waals surface area contributed by atoms with E-state index in [9.17, 15) is 22.0 Å². The molecule has 0 saturated heterocycles. The predicted octanol–water partition coefficient (Wildman–Crippen LogP) is 3.01. The summed E-state index contributed by atoms with van der Waals surface area (Å²) in [4.78, 5) is 11.6. The van der Waals surface area contributed by atoms with Crippen LogP contribution in [-0.2, 0) is 14.6 Å². The Kier molecular flexibility index (Phi) is 5.10. The number of halogens is 2. The van der Waals surface area contributed by atoms with E-state index >= 15 is 0 Å². The second-order valence-electron chi connectivity index (χ2n) is 5.13. The molecule has 2 aromatic rings. The third kappa shape index (κ3) is 5.14. The molecule has 0 aliphatic carbocycles. The first-order valence-electron chi connectivity index (χ1n) is 6.78. The minimum Gasteiger partial charge on any atom is -0.326 e. The molecule has 0 unspecified atom stereocenters. The molecule has 0 bridgehead atoms. The Morgan fingerprint density at radius 2 is 1.87 bits per heavy atom. The number of amides is 1. The van der Waals surface area contributed by atoms with Crippen LogP contribution < -0.4 is 5.32 Å². The zero-order valence-electron chi connectivity index (χ0n) is 12.3. The first-order valence-corrected chi connectivity index (χ1v) is 8.84. The number of benzene rings is 2. The molecule has 0 aliphatic heterocycles. The number of sulfone groups is 1. The zero-order valence-corrected chi connectivity index (χ0v) is 13.2. The summed E-state index contributed by atoms with van der Waals surface area (Å²) in [7, 11) is -3.24. The number of anilines is 1. The monoisotopic (exact) mass is 339 g/mol. The van der Waals surface area contributed by atoms with Crippen LogP contribution in [-0.4, -0.2) is 26.3 Å². The van der Waals surface area contributed by atoms with E-state index in [1.807, 2.05) is 0 Å². The van der Waals surface area contributed by atoms with Crippen LogP contribution in [0.25, 0.3) is 11.1 Å². The van der Waals surface area contributed by atoms with Gasteiger partial charge < -0.3 is 5.32 Å². The van der Waals surface area contributed by atoms with Crippen LogP contribution in [0.4, 0.5) is 14.5 Å². The van der Waals surface area contributed by atoms with Gasteiger partial charge in [0.15, 0.2) is 0 Å². The fourth-order valence-corrected chi connectivity index (χ4v) is 2.54. The first kappa shape index (κ1) is 17.1. The van der Waals surface area contributed by atoms with Gasteiger partial charge in [-0.05, 0) is 35.9 Å². The summed E-state index contributed by atoms with van der Waals surface area (Å²) in [6.45, 7) is 0. The molecule has 0 saturated carbocycles. The first-order chi connectivity index (χ1) is 10.7. The van der Waals surface area contributed by atoms with Crippen LogP contribution in [0.5, 0.6) is 0 Å². The molecule has 7 heteroatoms. The predicted molar refractivity (Wildman–Crippen MR) is 84.8 cm³/mol. The van der Waals surface area contributed by atoms with Crippen molar-refractivity contribution in [2.45, 2.75) is 6.42 Å². The van der Waals surface area contributed by atoms with E-state index in [-0.39, 0.29) is 23.4 Å². The molecule has 0 spiro atoms. The Hall–Kier alpha value is -2.28. The molecule has 2 rings (SSSR count). The number of hydrogen-bond acceptors (Lipinski definition) is 3. The molecule has 0 aliphatic rings. The molecule has 4 nitrogen and oxygen atoms in total. The summed E-state index contributed by atoms with van der Waals surface area (Å²) < 4.78 is 49.3. The van der Waals surface area contributed by atoms with E-state index in [0.29, 0.717) is 5.56 Å². The maximum atomic E-state index is 14.1. The maximum Gasteiger partial charge on any atom is 0.225 e. The topological polar surface area (TPSA) is 63.2 Å². The highest BCUT2D eigenvalue weighted by molar-refractivity contribution is 7.90. The van der Waals surface area contributed by atoms with Gasteiger partial charge in [0, 0.05) is 23.9 Å². The molecule has 2 aromatic carbocycles. The summed E-state index contributed by atoms with van der Waals surface area (Å²) >= 11 is 0. The third-order valence-corrected chi connectivity index (χ3v) is 4.03. The Morgan fingerprint density at radius 1 is 1.13 bits per heavy atom. The van der Waals surface area contributed by atoms with Gasteiger partial charge in [0.1, 0.15) is 21.5 Å². The quantitative estimate of drug-likeness (QED) is 0.911. The maximum absolute atomic E-state index is 14.1. The van der Waals surface area contributed by atoms with Gasteiger partial charge in [-0.25, -0.2) is 17.2 Å². The minimum absolute atomic E-state index is 0.202. The van der Waals surface area contributed by atoms with Gasteiger partial charge in [0.2, 0.25) is 5.91 Å². The SMILES string of the molecule is CS(=O)(=O)CCC(=O)Nc1ccc(-c2cccc(F)c2)c(F)c1. The average molecular weight is 339 g/mol. The van der Waals surface area contributed by atoms with Gasteiger partial charge in [-0.1, -0.05) is 12.1 Å². The fourth-order valence-electron chi connectivity index (χ4n) is 1.98. The van der Waals surface area contributed by atoms with Crippen molar-refractivity contribution in [3.8, 4) is 11.1 Å². The molecule has 0 fully saturated rings. The highest BCUT2D eigenvalue weighted by Gasteiger charge is 2.11. The lowest BCUT2D eigenvalue weighted by atomic mass is 10.0. The van der Waals surface area contributed by atoms with E-state index in [2.05, 4.69) is 5.32 Å². The molecule has 0 atom stereocenters. The summed E-state index contributed by atoms with van der Waals surface area (Å²) in [5.41, 5.74) is 0.803. The molecule has 1 N–H and O–H groups in total. The largest absolute Gasteiger partial charge is 0.326 e. The van der Waals surface area contributed by atoms with Crippen molar-refractivity contribution in [2.75, 3.05) is 17.3 Å². The van der Waals surface area contributed by atoms with Gasteiger partial charge in [-0.2, -0.15) is 0 Å². The standard InChI is InChI=1S/C16H15F2NO3S/c1-23(21,22)8-7-16(20)19-13-5-6-14(15(18)10-13)11-3-2-4-12(17)9-11/h2-6,9-10H,7-8H2,1H3,(H,19,20). The van der Waals surface area contributed by atoms with Crippen molar-refractivity contribution < 1.29 is 22.0 Å². The zero-order chi connectivity index (χ0) is 17.0. The second kappa shape index (κ2) is 6.87. The van der Waals surface area contributed by atoms with Crippen molar-refractivity contribution >= 4 is 21.4 Å². The molecule has 122 valence electrons. The Labute approximate surface area is 133 Å². The van der Waals surface area contributed by atoms with Gasteiger partial charge in [-0.15, -0.1) is 0 Å². The Balaban J connectivity index is 2.12. The normalized spacial score (nSPS) is 11.3. The molecular formula is C16H15F2NO3S. The van der Waals surface area contributed by atoms with Crippen LogP contribution >= 0.6 is 0 Å². The lowest BCUT2D eigenvalue weighted by Crippen LogP contribution is -2.16. The lowest BCUT2D eigenvalue weighted by molar-refractivity contribution is -0.115. The van der Waals surface area contributed by atoms with Crippen molar-refractivity contribution in [3.05, 3.63) is 54.1 Å². The average Bonchev–Trinajstić information content (AvgIpc) is 2.44. The van der Waals surface area contributed by atoms with Crippen LogP contribution in [0.1, 0.15) is 6.42 Å². The van der Waals surface area contributed by atoms with E-state index < -0.39 is 27.4 Å². The van der Waals surface area contributed by atoms with Crippen molar-refractivity contribution in [1.29, 1.82) is 0 Å². The molecule has 0 aromatic heterocycles. The molecule has 0 radical (unpaired) electrons. The number of carbonyl (C=O) groups excluding carboxylic acids is 1. The van der Waals surface area contributed by atoms with E-state index in [1.54, 1.807) is 6.07 Å². The van der Waals surface area contributed by atoms with Gasteiger partial charge >= 0.3 is 0 Å². The van der Waals surface area contributed by atoms with Crippen LogP contribution in [0.15, 0.2) is 42.5 Å². The highest BCUT2D eigenvalue weighted by atomic mass is 32.2. The number of nitrogens with one attached hydrogen (secondary N) is 1. The Bertz CT molecular complexity index is 835. The van der Waals surface area contributed by atoms with Crippen molar-refractivity contribution in [2.24, 2.45) is 0 Å². The summed E-state index contributed by atoms with van der Waals surface area (Å²) in [5.74, 6) is -1.88. The second-order valence-corrected chi connectivity index (χ2v) is 7.39. The summed E-state index contributed by atoms with van der Waals surface area (Å²) in [6, 6.07) is 9.54. The fraction of sp³-hybridized carbons (Fsp3) is 0.188. The Morgan fingerprint density at radius 3 is 2.48 bits per heavy atom. The van der Waals surface area contributed by atoms with Gasteiger partial charge in [0.25, 0.3) is 0 Å². The van der Waals surface area contributed by atoms with Crippen LogP contribution in [0.3, 0.4) is 0 Å². The van der Waals surface area contributed by atoms with Crippen molar-refractivity contribution in [1.82, 2.24) is 0 Å². The molecule has 23 heavy (non-hydrogen) atoms. The summed E-state index contributed by atoms with van der Waals surface area (Å²) in [5, 5.41) is 2.43. The van der Waals surface area contributed by atoms with Crippen LogP contribution in [0, 0.1) is 11.6 Å². The molecule has 1 amide bonds. The van der Waals surface area contributed by atoms with Gasteiger partial charge in [0.05, 0.1) is 5.75 Å². The molecule has 0 heterocycles. The third-order valence-electron chi connectivity index (χ3n) is 3.09.